The minimum absolute atomic E-state index is 0.0246. The highest BCUT2D eigenvalue weighted by Gasteiger charge is 2.31. The maximum atomic E-state index is 12.8. The van der Waals surface area contributed by atoms with Crippen LogP contribution < -0.4 is 10.2 Å². The average Bonchev–Trinajstić information content (AvgIpc) is 3.35. The molecule has 0 aromatic heterocycles. The van der Waals surface area contributed by atoms with Crippen LogP contribution in [0, 0.1) is 0 Å². The molecule has 1 heterocycles. The maximum absolute atomic E-state index is 12.8. The van der Waals surface area contributed by atoms with Crippen LogP contribution in [0.5, 0.6) is 0 Å². The van der Waals surface area contributed by atoms with Crippen molar-refractivity contribution in [3.63, 3.8) is 0 Å². The summed E-state index contributed by atoms with van der Waals surface area (Å²) in [6.45, 7) is 3.05. The molecular formula is C27H27F3N2O3S. The molecule has 1 amide bonds. The molecule has 3 aromatic carbocycles. The maximum Gasteiger partial charge on any atom is 0.416 e. The predicted molar refractivity (Wildman–Crippen MR) is 134 cm³/mol. The molecule has 1 aliphatic rings. The van der Waals surface area contributed by atoms with Gasteiger partial charge in [0.25, 0.3) is 0 Å². The lowest BCUT2D eigenvalue weighted by Crippen LogP contribution is -2.19. The first-order chi connectivity index (χ1) is 17.0. The van der Waals surface area contributed by atoms with Gasteiger partial charge in [0.2, 0.25) is 5.91 Å². The quantitative estimate of drug-likeness (QED) is 0.439. The summed E-state index contributed by atoms with van der Waals surface area (Å²) in [5, 5.41) is 2.86. The number of anilines is 2. The van der Waals surface area contributed by atoms with Crippen molar-refractivity contribution in [2.45, 2.75) is 36.8 Å². The van der Waals surface area contributed by atoms with Gasteiger partial charge in [0, 0.05) is 30.4 Å². The normalized spacial score (nSPS) is 16.2. The van der Waals surface area contributed by atoms with E-state index >= 15 is 0 Å². The number of rotatable bonds is 7. The van der Waals surface area contributed by atoms with Crippen molar-refractivity contribution in [1.29, 1.82) is 0 Å². The number of amides is 1. The van der Waals surface area contributed by atoms with Gasteiger partial charge in [-0.3, -0.25) is 4.79 Å². The lowest BCUT2D eigenvalue weighted by Gasteiger charge is -2.19. The first-order valence-electron chi connectivity index (χ1n) is 11.7. The second kappa shape index (κ2) is 10.3. The largest absolute Gasteiger partial charge is 0.416 e. The zero-order valence-electron chi connectivity index (χ0n) is 19.8. The van der Waals surface area contributed by atoms with E-state index in [-0.39, 0.29) is 28.9 Å². The Kier molecular flexibility index (Phi) is 7.40. The molecule has 0 bridgehead atoms. The number of halogens is 3. The van der Waals surface area contributed by atoms with Gasteiger partial charge in [0.05, 0.1) is 22.6 Å². The Morgan fingerprint density at radius 1 is 0.972 bits per heavy atom. The summed E-state index contributed by atoms with van der Waals surface area (Å²) in [5.41, 5.74) is 2.60. The molecule has 4 rings (SSSR count). The second-order valence-electron chi connectivity index (χ2n) is 8.87. The van der Waals surface area contributed by atoms with Gasteiger partial charge in [0.1, 0.15) is 0 Å². The molecule has 3 aromatic rings. The number of alkyl halides is 3. The van der Waals surface area contributed by atoms with Gasteiger partial charge in [-0.1, -0.05) is 31.2 Å². The van der Waals surface area contributed by atoms with Gasteiger partial charge in [-0.15, -0.1) is 0 Å². The number of nitrogens with zero attached hydrogens (tertiary/aromatic N) is 1. The highest BCUT2D eigenvalue weighted by molar-refractivity contribution is 7.91. The highest BCUT2D eigenvalue weighted by atomic mass is 32.2. The molecule has 0 radical (unpaired) electrons. The van der Waals surface area contributed by atoms with Crippen molar-refractivity contribution in [3.8, 4) is 0 Å². The van der Waals surface area contributed by atoms with Crippen molar-refractivity contribution in [2.24, 2.45) is 0 Å². The van der Waals surface area contributed by atoms with Gasteiger partial charge in [-0.25, -0.2) is 8.42 Å². The average molecular weight is 517 g/mol. The Bertz CT molecular complexity index is 1300. The van der Waals surface area contributed by atoms with Crippen LogP contribution in [0.1, 0.15) is 36.0 Å². The molecule has 0 saturated carbocycles. The van der Waals surface area contributed by atoms with Crippen molar-refractivity contribution in [1.82, 2.24) is 0 Å². The topological polar surface area (TPSA) is 66.5 Å². The predicted octanol–water partition coefficient (Wildman–Crippen LogP) is 5.67. The van der Waals surface area contributed by atoms with Gasteiger partial charge >= 0.3 is 6.18 Å². The van der Waals surface area contributed by atoms with E-state index in [0.717, 1.165) is 36.3 Å². The number of benzene rings is 3. The first-order valence-corrected chi connectivity index (χ1v) is 13.3. The van der Waals surface area contributed by atoms with Crippen molar-refractivity contribution in [2.75, 3.05) is 29.1 Å². The van der Waals surface area contributed by atoms with Crippen molar-refractivity contribution in [3.05, 3.63) is 89.5 Å². The van der Waals surface area contributed by atoms with E-state index in [1.165, 1.54) is 24.3 Å². The van der Waals surface area contributed by atoms with Crippen LogP contribution in [0.15, 0.2) is 77.7 Å². The molecular weight excluding hydrogens is 489 g/mol. The van der Waals surface area contributed by atoms with Gasteiger partial charge < -0.3 is 10.2 Å². The summed E-state index contributed by atoms with van der Waals surface area (Å²) in [7, 11) is -3.27. The molecule has 0 spiro atoms. The monoisotopic (exact) mass is 516 g/mol. The zero-order chi connectivity index (χ0) is 25.9. The van der Waals surface area contributed by atoms with Crippen LogP contribution in [0.3, 0.4) is 0 Å². The summed E-state index contributed by atoms with van der Waals surface area (Å²) < 4.78 is 62.2. The fourth-order valence-electron chi connectivity index (χ4n) is 4.34. The van der Waals surface area contributed by atoms with Crippen LogP contribution in [0.2, 0.25) is 0 Å². The standard InChI is InChI=1S/C27H27F3N2O3S/c1-2-36(34,35)25-13-3-19(4-14-25)17-26(33)31-23-9-5-20(6-10-23)21-15-16-32(18-21)24-11-7-22(8-12-24)27(28,29)30/h3-14,21H,2,15-18H2,1H3,(H,31,33). The van der Waals surface area contributed by atoms with E-state index in [2.05, 4.69) is 10.2 Å². The summed E-state index contributed by atoms with van der Waals surface area (Å²) >= 11 is 0. The number of hydrogen-bond donors (Lipinski definition) is 1. The molecule has 0 aliphatic carbocycles. The molecule has 36 heavy (non-hydrogen) atoms. The molecule has 5 nitrogen and oxygen atoms in total. The molecule has 1 saturated heterocycles. The van der Waals surface area contributed by atoms with Crippen molar-refractivity contribution >= 4 is 27.1 Å². The number of nitrogens with one attached hydrogen (secondary N) is 1. The molecule has 190 valence electrons. The van der Waals surface area contributed by atoms with E-state index < -0.39 is 21.6 Å². The number of carbonyl (C=O) groups excluding carboxylic acids is 1. The number of carbonyl (C=O) groups is 1. The lowest BCUT2D eigenvalue weighted by atomic mass is 9.98. The molecule has 1 aliphatic heterocycles. The Hall–Kier alpha value is -3.33. The van der Waals surface area contributed by atoms with Crippen LogP contribution in [0.4, 0.5) is 24.5 Å². The molecule has 1 atom stereocenters. The third-order valence-corrected chi connectivity index (χ3v) is 8.19. The summed E-state index contributed by atoms with van der Waals surface area (Å²) in [5.74, 6) is 0.0645. The summed E-state index contributed by atoms with van der Waals surface area (Å²) in [6.07, 6.45) is -3.33. The molecule has 1 N–H and O–H groups in total. The smallest absolute Gasteiger partial charge is 0.371 e. The van der Waals surface area contributed by atoms with E-state index in [1.807, 2.05) is 24.3 Å². The Morgan fingerprint density at radius 3 is 2.19 bits per heavy atom. The summed E-state index contributed by atoms with van der Waals surface area (Å²) in [6, 6.07) is 19.2. The van der Waals surface area contributed by atoms with Crippen LogP contribution >= 0.6 is 0 Å². The highest BCUT2D eigenvalue weighted by Crippen LogP contribution is 2.34. The Morgan fingerprint density at radius 2 is 1.61 bits per heavy atom. The van der Waals surface area contributed by atoms with Crippen LogP contribution in [0.25, 0.3) is 0 Å². The minimum atomic E-state index is -4.34. The van der Waals surface area contributed by atoms with E-state index in [0.29, 0.717) is 17.8 Å². The van der Waals surface area contributed by atoms with Crippen molar-refractivity contribution < 1.29 is 26.4 Å². The number of hydrogen-bond acceptors (Lipinski definition) is 4. The molecule has 1 unspecified atom stereocenters. The third kappa shape index (κ3) is 6.07. The second-order valence-corrected chi connectivity index (χ2v) is 11.1. The van der Waals surface area contributed by atoms with Crippen LogP contribution in [-0.2, 0) is 27.2 Å². The fourth-order valence-corrected chi connectivity index (χ4v) is 5.22. The van der Waals surface area contributed by atoms with E-state index in [9.17, 15) is 26.4 Å². The van der Waals surface area contributed by atoms with Gasteiger partial charge in [-0.05, 0) is 66.1 Å². The molecule has 1 fully saturated rings. The Labute approximate surface area is 208 Å². The zero-order valence-corrected chi connectivity index (χ0v) is 20.6. The third-order valence-electron chi connectivity index (χ3n) is 6.44. The summed E-state index contributed by atoms with van der Waals surface area (Å²) in [4.78, 5) is 14.8. The molecule has 9 heteroatoms. The van der Waals surface area contributed by atoms with E-state index in [1.54, 1.807) is 19.1 Å². The fraction of sp³-hybridized carbons (Fsp3) is 0.296. The first kappa shape index (κ1) is 25.8. The van der Waals surface area contributed by atoms with Crippen LogP contribution in [-0.4, -0.2) is 33.2 Å². The van der Waals surface area contributed by atoms with E-state index in [4.69, 9.17) is 0 Å². The van der Waals surface area contributed by atoms with Gasteiger partial charge in [-0.2, -0.15) is 13.2 Å². The lowest BCUT2D eigenvalue weighted by molar-refractivity contribution is -0.137. The number of sulfone groups is 1. The minimum Gasteiger partial charge on any atom is -0.371 e. The Balaban J connectivity index is 1.32. The SMILES string of the molecule is CCS(=O)(=O)c1ccc(CC(=O)Nc2ccc(C3CCN(c4ccc(C(F)(F)F)cc4)C3)cc2)cc1. The van der Waals surface area contributed by atoms with Gasteiger partial charge in [0.15, 0.2) is 9.84 Å².